The summed E-state index contributed by atoms with van der Waals surface area (Å²) in [5.41, 5.74) is -1.02. The first-order valence-corrected chi connectivity index (χ1v) is 5.15. The van der Waals surface area contributed by atoms with Gasteiger partial charge in [0.25, 0.3) is 5.91 Å². The van der Waals surface area contributed by atoms with Crippen LogP contribution in [-0.2, 0) is 4.79 Å². The van der Waals surface area contributed by atoms with Crippen molar-refractivity contribution in [1.82, 2.24) is 10.6 Å². The number of carbonyl (C=O) groups excluding carboxylic acids is 2. The maximum atomic E-state index is 13.3. The van der Waals surface area contributed by atoms with Gasteiger partial charge < -0.3 is 10.6 Å². The Morgan fingerprint density at radius 3 is 2.21 bits per heavy atom. The van der Waals surface area contributed by atoms with Crippen LogP contribution in [0, 0.1) is 23.3 Å². The third-order valence-electron chi connectivity index (χ3n) is 2.33. The van der Waals surface area contributed by atoms with E-state index < -0.39 is 46.7 Å². The van der Waals surface area contributed by atoms with E-state index in [0.717, 1.165) is 0 Å². The minimum atomic E-state index is -2.09. The van der Waals surface area contributed by atoms with Crippen LogP contribution < -0.4 is 10.6 Å². The molecule has 0 saturated heterocycles. The molecule has 0 saturated carbocycles. The van der Waals surface area contributed by atoms with Crippen LogP contribution in [0.1, 0.15) is 17.3 Å². The predicted molar refractivity (Wildman–Crippen MR) is 57.3 cm³/mol. The second kappa shape index (κ2) is 5.68. The first-order valence-electron chi connectivity index (χ1n) is 5.15. The molecule has 1 atom stereocenters. The van der Waals surface area contributed by atoms with Gasteiger partial charge in [-0.1, -0.05) is 0 Å². The van der Waals surface area contributed by atoms with Crippen LogP contribution in [0.2, 0.25) is 0 Å². The summed E-state index contributed by atoms with van der Waals surface area (Å²) in [6.07, 6.45) is 0. The summed E-state index contributed by atoms with van der Waals surface area (Å²) in [4.78, 5) is 22.6. The summed E-state index contributed by atoms with van der Waals surface area (Å²) in [5.74, 6) is -9.42. The summed E-state index contributed by atoms with van der Waals surface area (Å²) in [6, 6.07) is -0.826. The van der Waals surface area contributed by atoms with Crippen molar-refractivity contribution in [2.75, 3.05) is 7.05 Å². The molecule has 1 aromatic rings. The van der Waals surface area contributed by atoms with E-state index in [-0.39, 0.29) is 6.07 Å². The van der Waals surface area contributed by atoms with Crippen molar-refractivity contribution >= 4 is 11.8 Å². The van der Waals surface area contributed by atoms with Gasteiger partial charge in [-0.2, -0.15) is 0 Å². The van der Waals surface area contributed by atoms with E-state index in [1.807, 2.05) is 5.32 Å². The minimum Gasteiger partial charge on any atom is -0.357 e. The van der Waals surface area contributed by atoms with E-state index in [2.05, 4.69) is 5.32 Å². The highest BCUT2D eigenvalue weighted by atomic mass is 19.2. The third-order valence-corrected chi connectivity index (χ3v) is 2.33. The van der Waals surface area contributed by atoms with E-state index in [1.54, 1.807) is 0 Å². The van der Waals surface area contributed by atoms with Gasteiger partial charge in [-0.05, 0) is 13.0 Å². The topological polar surface area (TPSA) is 58.2 Å². The third kappa shape index (κ3) is 3.01. The highest BCUT2D eigenvalue weighted by Crippen LogP contribution is 2.18. The number of halogens is 4. The van der Waals surface area contributed by atoms with Crippen LogP contribution in [0.5, 0.6) is 0 Å². The molecule has 2 amide bonds. The van der Waals surface area contributed by atoms with Crippen molar-refractivity contribution in [3.05, 3.63) is 34.9 Å². The Kier molecular flexibility index (Phi) is 4.47. The van der Waals surface area contributed by atoms with Gasteiger partial charge in [-0.25, -0.2) is 17.6 Å². The van der Waals surface area contributed by atoms with E-state index in [0.29, 0.717) is 0 Å². The second-order valence-corrected chi connectivity index (χ2v) is 3.66. The van der Waals surface area contributed by atoms with E-state index in [4.69, 9.17) is 0 Å². The molecule has 0 aliphatic carbocycles. The number of amides is 2. The molecular weight excluding hydrogens is 268 g/mol. The zero-order valence-corrected chi connectivity index (χ0v) is 9.98. The van der Waals surface area contributed by atoms with Crippen molar-refractivity contribution in [2.45, 2.75) is 13.0 Å². The lowest BCUT2D eigenvalue weighted by Crippen LogP contribution is -2.43. The lowest BCUT2D eigenvalue weighted by atomic mass is 10.1. The van der Waals surface area contributed by atoms with Gasteiger partial charge >= 0.3 is 0 Å². The largest absolute Gasteiger partial charge is 0.357 e. The van der Waals surface area contributed by atoms with Gasteiger partial charge in [-0.3, -0.25) is 9.59 Å². The molecule has 0 fully saturated rings. The standard InChI is InChI=1S/C11H10F4N2O2/c1-4(10(18)16-2)17-11(19)5-3-6(12)8(14)9(15)7(5)13/h3-4H,1-2H3,(H,16,18)(H,17,19)/t4-/m0/s1. The van der Waals surface area contributed by atoms with Gasteiger partial charge in [0.1, 0.15) is 6.04 Å². The average molecular weight is 278 g/mol. The number of hydrogen-bond donors (Lipinski definition) is 2. The Morgan fingerprint density at radius 2 is 1.68 bits per heavy atom. The van der Waals surface area contributed by atoms with Gasteiger partial charge in [0, 0.05) is 7.05 Å². The first kappa shape index (κ1) is 14.9. The number of likely N-dealkylation sites (N-methyl/N-ethyl adjacent to an activating group) is 1. The van der Waals surface area contributed by atoms with Crippen molar-refractivity contribution < 1.29 is 27.2 Å². The molecule has 19 heavy (non-hydrogen) atoms. The highest BCUT2D eigenvalue weighted by Gasteiger charge is 2.24. The van der Waals surface area contributed by atoms with Crippen LogP contribution in [0.4, 0.5) is 17.6 Å². The maximum Gasteiger partial charge on any atom is 0.255 e. The van der Waals surface area contributed by atoms with E-state index in [1.165, 1.54) is 14.0 Å². The van der Waals surface area contributed by atoms with Crippen molar-refractivity contribution in [1.29, 1.82) is 0 Å². The monoisotopic (exact) mass is 278 g/mol. The van der Waals surface area contributed by atoms with E-state index >= 15 is 0 Å². The van der Waals surface area contributed by atoms with Crippen molar-refractivity contribution in [3.63, 3.8) is 0 Å². The Hall–Kier alpha value is -2.12. The SMILES string of the molecule is CNC(=O)[C@H](C)NC(=O)c1cc(F)c(F)c(F)c1F. The molecule has 0 aliphatic rings. The Bertz CT molecular complexity index is 534. The van der Waals surface area contributed by atoms with Crippen LogP contribution in [0.3, 0.4) is 0 Å². The fourth-order valence-corrected chi connectivity index (χ4v) is 1.29. The predicted octanol–water partition coefficient (Wildman–Crippen LogP) is 1.11. The summed E-state index contributed by atoms with van der Waals surface area (Å²) >= 11 is 0. The maximum absolute atomic E-state index is 13.3. The van der Waals surface area contributed by atoms with Gasteiger partial charge in [-0.15, -0.1) is 0 Å². The molecule has 4 nitrogen and oxygen atoms in total. The minimum absolute atomic E-state index is 0.222. The molecule has 0 spiro atoms. The normalized spacial score (nSPS) is 11.9. The fraction of sp³-hybridized carbons (Fsp3) is 0.273. The molecule has 0 bridgehead atoms. The zero-order valence-electron chi connectivity index (χ0n) is 9.98. The molecule has 0 unspecified atom stereocenters. The van der Waals surface area contributed by atoms with Gasteiger partial charge in [0.05, 0.1) is 5.56 Å². The molecule has 0 radical (unpaired) electrons. The fourth-order valence-electron chi connectivity index (χ4n) is 1.29. The van der Waals surface area contributed by atoms with Crippen LogP contribution in [-0.4, -0.2) is 24.9 Å². The zero-order chi connectivity index (χ0) is 14.7. The summed E-state index contributed by atoms with van der Waals surface area (Å²) in [7, 11) is 1.31. The van der Waals surface area contributed by atoms with Gasteiger partial charge in [0.15, 0.2) is 23.3 Å². The summed E-state index contributed by atoms with van der Waals surface area (Å²) in [5, 5.41) is 4.23. The molecule has 104 valence electrons. The number of benzene rings is 1. The molecule has 0 heterocycles. The smallest absolute Gasteiger partial charge is 0.255 e. The van der Waals surface area contributed by atoms with E-state index in [9.17, 15) is 27.2 Å². The highest BCUT2D eigenvalue weighted by molar-refractivity contribution is 5.97. The summed E-state index contributed by atoms with van der Waals surface area (Å²) in [6.45, 7) is 1.28. The molecule has 0 aromatic heterocycles. The van der Waals surface area contributed by atoms with Crippen molar-refractivity contribution in [2.24, 2.45) is 0 Å². The quantitative estimate of drug-likeness (QED) is 0.494. The molecule has 0 aliphatic heterocycles. The Morgan fingerprint density at radius 1 is 1.11 bits per heavy atom. The first-order chi connectivity index (χ1) is 8.79. The van der Waals surface area contributed by atoms with Crippen molar-refractivity contribution in [3.8, 4) is 0 Å². The van der Waals surface area contributed by atoms with Gasteiger partial charge in [0.2, 0.25) is 5.91 Å². The van der Waals surface area contributed by atoms with Crippen LogP contribution >= 0.6 is 0 Å². The molecule has 8 heteroatoms. The number of nitrogens with one attached hydrogen (secondary N) is 2. The van der Waals surface area contributed by atoms with Crippen LogP contribution in [0.15, 0.2) is 6.07 Å². The summed E-state index contributed by atoms with van der Waals surface area (Å²) < 4.78 is 51.8. The number of rotatable bonds is 3. The Labute approximate surface area is 105 Å². The van der Waals surface area contributed by atoms with Crippen LogP contribution in [0.25, 0.3) is 0 Å². The lowest BCUT2D eigenvalue weighted by molar-refractivity contribution is -0.122. The average Bonchev–Trinajstić information content (AvgIpc) is 2.39. The number of hydrogen-bond acceptors (Lipinski definition) is 2. The molecular formula is C11H10F4N2O2. The molecule has 1 aromatic carbocycles. The lowest BCUT2D eigenvalue weighted by Gasteiger charge is -2.13. The number of carbonyl (C=O) groups is 2. The molecule has 2 N–H and O–H groups in total. The molecule has 1 rings (SSSR count). The Balaban J connectivity index is 3.05. The second-order valence-electron chi connectivity index (χ2n) is 3.66.